The van der Waals surface area contributed by atoms with Gasteiger partial charge in [0, 0.05) is 31.3 Å². The molecule has 2 rings (SSSR count). The average Bonchev–Trinajstić information content (AvgIpc) is 3.22. The van der Waals surface area contributed by atoms with E-state index in [0.29, 0.717) is 12.6 Å². The van der Waals surface area contributed by atoms with Gasteiger partial charge in [0.15, 0.2) is 0 Å². The summed E-state index contributed by atoms with van der Waals surface area (Å²) in [7, 11) is 0. The van der Waals surface area contributed by atoms with E-state index in [1.807, 2.05) is 0 Å². The van der Waals surface area contributed by atoms with Crippen LogP contribution >= 0.6 is 11.6 Å². The highest BCUT2D eigenvalue weighted by Crippen LogP contribution is 2.30. The number of halogens is 2. The summed E-state index contributed by atoms with van der Waals surface area (Å²) >= 11 is 5.57. The molecule has 1 aromatic rings. The molecule has 0 aromatic heterocycles. The van der Waals surface area contributed by atoms with Gasteiger partial charge in [-0.25, -0.2) is 4.39 Å². The molecule has 5 nitrogen and oxygen atoms in total. The fraction of sp³-hybridized carbons (Fsp3) is 0.538. The fourth-order valence-corrected chi connectivity index (χ4v) is 2.36. The Hall–Kier alpha value is -1.40. The number of nitro groups is 1. The van der Waals surface area contributed by atoms with E-state index in [4.69, 9.17) is 11.6 Å². The summed E-state index contributed by atoms with van der Waals surface area (Å²) in [4.78, 5) is 12.7. The molecule has 1 fully saturated rings. The zero-order chi connectivity index (χ0) is 14.7. The molecule has 0 atom stereocenters. The van der Waals surface area contributed by atoms with Crippen LogP contribution in [0.5, 0.6) is 0 Å². The largest absolute Gasteiger partial charge is 0.378 e. The summed E-state index contributed by atoms with van der Waals surface area (Å²) < 4.78 is 13.4. The van der Waals surface area contributed by atoms with Crippen molar-refractivity contribution in [2.24, 2.45) is 0 Å². The zero-order valence-corrected chi connectivity index (χ0v) is 12.0. The maximum absolute atomic E-state index is 13.4. The van der Waals surface area contributed by atoms with Crippen LogP contribution in [0, 0.1) is 15.9 Å². The Morgan fingerprint density at radius 3 is 2.80 bits per heavy atom. The molecule has 1 aromatic carbocycles. The predicted molar refractivity (Wildman–Crippen MR) is 76.8 cm³/mol. The first kappa shape index (κ1) is 15.0. The molecule has 1 aliphatic rings. The number of nitrogens with one attached hydrogen (secondary N) is 1. The zero-order valence-electron chi connectivity index (χ0n) is 11.2. The lowest BCUT2D eigenvalue weighted by Gasteiger charge is -2.20. The van der Waals surface area contributed by atoms with Crippen LogP contribution < -0.4 is 5.32 Å². The first-order chi connectivity index (χ1) is 9.52. The summed E-state index contributed by atoms with van der Waals surface area (Å²) in [6.07, 6.45) is 2.42. The van der Waals surface area contributed by atoms with Crippen LogP contribution in [0.25, 0.3) is 0 Å². The molecule has 7 heteroatoms. The Balaban J connectivity index is 2.00. The molecule has 0 unspecified atom stereocenters. The SMILES string of the molecule is CCN(CCNc1cc(F)c(Cl)cc1[N+](=O)[O-])C1CC1. The highest BCUT2D eigenvalue weighted by atomic mass is 35.5. The monoisotopic (exact) mass is 301 g/mol. The van der Waals surface area contributed by atoms with E-state index in [9.17, 15) is 14.5 Å². The lowest BCUT2D eigenvalue weighted by atomic mass is 10.2. The number of anilines is 1. The third kappa shape index (κ3) is 3.58. The van der Waals surface area contributed by atoms with Gasteiger partial charge in [-0.1, -0.05) is 18.5 Å². The number of likely N-dealkylation sites (N-methyl/N-ethyl adjacent to an activating group) is 1. The van der Waals surface area contributed by atoms with Crippen molar-refractivity contribution in [2.45, 2.75) is 25.8 Å². The quantitative estimate of drug-likeness (QED) is 0.620. The van der Waals surface area contributed by atoms with E-state index >= 15 is 0 Å². The summed E-state index contributed by atoms with van der Waals surface area (Å²) in [5.41, 5.74) is -0.0328. The molecule has 20 heavy (non-hydrogen) atoms. The number of hydrogen-bond donors (Lipinski definition) is 1. The van der Waals surface area contributed by atoms with Crippen molar-refractivity contribution < 1.29 is 9.31 Å². The van der Waals surface area contributed by atoms with E-state index in [1.165, 1.54) is 12.8 Å². The molecule has 1 N–H and O–H groups in total. The number of rotatable bonds is 7. The Morgan fingerprint density at radius 2 is 2.25 bits per heavy atom. The molecule has 0 saturated heterocycles. The second-order valence-corrected chi connectivity index (χ2v) is 5.23. The van der Waals surface area contributed by atoms with Crippen LogP contribution in [-0.4, -0.2) is 35.5 Å². The molecule has 0 amide bonds. The first-order valence-electron chi connectivity index (χ1n) is 6.64. The third-order valence-corrected chi connectivity index (χ3v) is 3.71. The molecular weight excluding hydrogens is 285 g/mol. The number of nitrogens with zero attached hydrogens (tertiary/aromatic N) is 2. The maximum Gasteiger partial charge on any atom is 0.294 e. The van der Waals surface area contributed by atoms with Gasteiger partial charge in [0.1, 0.15) is 11.5 Å². The molecule has 0 bridgehead atoms. The Labute approximate surface area is 121 Å². The van der Waals surface area contributed by atoms with E-state index in [2.05, 4.69) is 17.1 Å². The van der Waals surface area contributed by atoms with Crippen molar-refractivity contribution >= 4 is 23.0 Å². The van der Waals surface area contributed by atoms with Crippen molar-refractivity contribution in [2.75, 3.05) is 25.0 Å². The van der Waals surface area contributed by atoms with Gasteiger partial charge in [0.2, 0.25) is 0 Å². The second-order valence-electron chi connectivity index (χ2n) is 4.83. The first-order valence-corrected chi connectivity index (χ1v) is 7.02. The molecule has 0 radical (unpaired) electrons. The predicted octanol–water partition coefficient (Wildman–Crippen LogP) is 3.28. The Kier molecular flexibility index (Phi) is 4.77. The minimum absolute atomic E-state index is 0.170. The van der Waals surface area contributed by atoms with E-state index in [1.54, 1.807) is 0 Å². The molecule has 1 saturated carbocycles. The fourth-order valence-electron chi connectivity index (χ4n) is 2.20. The molecule has 0 spiro atoms. The van der Waals surface area contributed by atoms with Crippen LogP contribution in [0.2, 0.25) is 5.02 Å². The van der Waals surface area contributed by atoms with Crippen LogP contribution in [0.3, 0.4) is 0 Å². The summed E-state index contributed by atoms with van der Waals surface area (Å²) in [5, 5.41) is 13.6. The van der Waals surface area contributed by atoms with Gasteiger partial charge in [-0.3, -0.25) is 15.0 Å². The average molecular weight is 302 g/mol. The van der Waals surface area contributed by atoms with Crippen molar-refractivity contribution in [1.82, 2.24) is 4.90 Å². The minimum Gasteiger partial charge on any atom is -0.378 e. The van der Waals surface area contributed by atoms with Crippen LogP contribution in [0.15, 0.2) is 12.1 Å². The van der Waals surface area contributed by atoms with Crippen molar-refractivity contribution in [1.29, 1.82) is 0 Å². The van der Waals surface area contributed by atoms with E-state index in [0.717, 1.165) is 25.2 Å². The Morgan fingerprint density at radius 1 is 1.55 bits per heavy atom. The van der Waals surface area contributed by atoms with Gasteiger partial charge in [-0.2, -0.15) is 0 Å². The smallest absolute Gasteiger partial charge is 0.294 e. The van der Waals surface area contributed by atoms with Gasteiger partial charge in [-0.05, 0) is 19.4 Å². The van der Waals surface area contributed by atoms with Gasteiger partial charge >= 0.3 is 0 Å². The standard InChI is InChI=1S/C13H17ClFN3O2/c1-2-17(9-3-4-9)6-5-16-12-8-11(15)10(14)7-13(12)18(19)20/h7-9,16H,2-6H2,1H3. The van der Waals surface area contributed by atoms with Gasteiger partial charge in [0.05, 0.1) is 9.95 Å². The summed E-state index contributed by atoms with van der Waals surface area (Å²) in [6.45, 7) is 4.35. The topological polar surface area (TPSA) is 58.4 Å². The van der Waals surface area contributed by atoms with E-state index < -0.39 is 10.7 Å². The lowest BCUT2D eigenvalue weighted by Crippen LogP contribution is -2.31. The molecule has 110 valence electrons. The molecular formula is C13H17ClFN3O2. The Bertz CT molecular complexity index is 509. The van der Waals surface area contributed by atoms with Gasteiger partial charge < -0.3 is 5.32 Å². The highest BCUT2D eigenvalue weighted by Gasteiger charge is 2.27. The number of nitro benzene ring substituents is 1. The highest BCUT2D eigenvalue weighted by molar-refractivity contribution is 6.31. The van der Waals surface area contributed by atoms with Gasteiger partial charge in [-0.15, -0.1) is 0 Å². The molecule has 1 aliphatic carbocycles. The minimum atomic E-state index is -0.658. The van der Waals surface area contributed by atoms with E-state index in [-0.39, 0.29) is 16.4 Å². The lowest BCUT2D eigenvalue weighted by molar-refractivity contribution is -0.384. The maximum atomic E-state index is 13.4. The molecule has 0 aliphatic heterocycles. The number of benzene rings is 1. The van der Waals surface area contributed by atoms with Crippen LogP contribution in [0.4, 0.5) is 15.8 Å². The van der Waals surface area contributed by atoms with Crippen molar-refractivity contribution in [3.63, 3.8) is 0 Å². The summed E-state index contributed by atoms with van der Waals surface area (Å²) in [6, 6.07) is 2.75. The van der Waals surface area contributed by atoms with Crippen molar-refractivity contribution in [3.8, 4) is 0 Å². The van der Waals surface area contributed by atoms with Gasteiger partial charge in [0.25, 0.3) is 5.69 Å². The second kappa shape index (κ2) is 6.37. The van der Waals surface area contributed by atoms with Crippen LogP contribution in [-0.2, 0) is 0 Å². The third-order valence-electron chi connectivity index (χ3n) is 3.42. The van der Waals surface area contributed by atoms with Crippen LogP contribution in [0.1, 0.15) is 19.8 Å². The van der Waals surface area contributed by atoms with Crippen molar-refractivity contribution in [3.05, 3.63) is 33.1 Å². The normalized spacial score (nSPS) is 14.6. The summed E-state index contributed by atoms with van der Waals surface area (Å²) in [5.74, 6) is -0.658. The molecule has 0 heterocycles. The number of hydrogen-bond acceptors (Lipinski definition) is 4.